The Bertz CT molecular complexity index is 1030. The summed E-state index contributed by atoms with van der Waals surface area (Å²) in [5.41, 5.74) is 1.69. The number of ether oxygens (including phenoxy) is 1. The lowest BCUT2D eigenvalue weighted by Crippen LogP contribution is -2.30. The fraction of sp³-hybridized carbons (Fsp3) is 0.250. The van der Waals surface area contributed by atoms with Crippen LogP contribution in [0.1, 0.15) is 12.5 Å². The lowest BCUT2D eigenvalue weighted by molar-refractivity contribution is -0.122. The molecular weight excluding hydrogens is 384 g/mol. The number of aromatic nitrogens is 1. The smallest absolute Gasteiger partial charge is 0.239 e. The van der Waals surface area contributed by atoms with Crippen LogP contribution in [0.3, 0.4) is 0 Å². The average molecular weight is 401 g/mol. The summed E-state index contributed by atoms with van der Waals surface area (Å²) in [4.78, 5) is 31.6. The molecule has 2 aromatic carbocycles. The predicted molar refractivity (Wildman–Crippen MR) is 106 cm³/mol. The summed E-state index contributed by atoms with van der Waals surface area (Å²) in [6.07, 6.45) is 0.498. The van der Waals surface area contributed by atoms with Crippen molar-refractivity contribution in [1.29, 1.82) is 0 Å². The first kappa shape index (κ1) is 17.9. The van der Waals surface area contributed by atoms with Crippen LogP contribution in [0, 0.1) is 11.8 Å². The molecular formula is C20H17ClN2O3S. The van der Waals surface area contributed by atoms with Crippen molar-refractivity contribution in [2.45, 2.75) is 13.3 Å². The van der Waals surface area contributed by atoms with Gasteiger partial charge in [0.2, 0.25) is 11.8 Å². The topological polar surface area (TPSA) is 59.5 Å². The molecule has 0 bridgehead atoms. The second-order valence-corrected chi connectivity index (χ2v) is 8.01. The molecule has 0 saturated carbocycles. The first-order valence-electron chi connectivity index (χ1n) is 8.55. The van der Waals surface area contributed by atoms with Crippen molar-refractivity contribution in [2.75, 3.05) is 12.0 Å². The summed E-state index contributed by atoms with van der Waals surface area (Å²) in [6.45, 7) is 1.80. The van der Waals surface area contributed by atoms with Crippen LogP contribution in [-0.4, -0.2) is 23.9 Å². The number of hydrogen-bond acceptors (Lipinski definition) is 5. The molecule has 7 heteroatoms. The SMILES string of the molecule is COc1ccc2sc(N3C(=O)[C@@H](C)[C@H](Cc4ccc(Cl)cc4)C3=O)nc2c1. The maximum absolute atomic E-state index is 13.0. The number of imide groups is 1. The summed E-state index contributed by atoms with van der Waals surface area (Å²) >= 11 is 7.26. The van der Waals surface area contributed by atoms with Gasteiger partial charge in [0.1, 0.15) is 5.75 Å². The van der Waals surface area contributed by atoms with Crippen molar-refractivity contribution >= 4 is 50.1 Å². The molecule has 0 radical (unpaired) electrons. The monoisotopic (exact) mass is 400 g/mol. The van der Waals surface area contributed by atoms with Crippen LogP contribution in [0.15, 0.2) is 42.5 Å². The van der Waals surface area contributed by atoms with Gasteiger partial charge in [0, 0.05) is 17.0 Å². The fourth-order valence-corrected chi connectivity index (χ4v) is 4.39. The van der Waals surface area contributed by atoms with Crippen LogP contribution in [0.5, 0.6) is 5.75 Å². The zero-order valence-corrected chi connectivity index (χ0v) is 16.4. The third-order valence-electron chi connectivity index (χ3n) is 4.89. The number of anilines is 1. The summed E-state index contributed by atoms with van der Waals surface area (Å²) in [5.74, 6) is -0.513. The Morgan fingerprint density at radius 1 is 1.15 bits per heavy atom. The van der Waals surface area contributed by atoms with Gasteiger partial charge in [-0.25, -0.2) is 9.88 Å². The molecule has 1 aromatic heterocycles. The van der Waals surface area contributed by atoms with Crippen LogP contribution in [0.4, 0.5) is 5.13 Å². The first-order valence-corrected chi connectivity index (χ1v) is 9.74. The lowest BCUT2D eigenvalue weighted by Gasteiger charge is -2.12. The van der Waals surface area contributed by atoms with E-state index in [1.807, 2.05) is 24.3 Å². The van der Waals surface area contributed by atoms with E-state index in [-0.39, 0.29) is 11.8 Å². The lowest BCUT2D eigenvalue weighted by atomic mass is 9.90. The minimum absolute atomic E-state index is 0.200. The molecule has 0 spiro atoms. The number of amides is 2. The van der Waals surface area contributed by atoms with E-state index in [0.717, 1.165) is 10.3 Å². The third-order valence-corrected chi connectivity index (χ3v) is 6.17. The van der Waals surface area contributed by atoms with Crippen LogP contribution in [-0.2, 0) is 16.0 Å². The molecule has 4 rings (SSSR count). The normalized spacial score (nSPS) is 19.9. The highest BCUT2D eigenvalue weighted by Gasteiger charge is 2.46. The average Bonchev–Trinajstić information content (AvgIpc) is 3.17. The fourth-order valence-electron chi connectivity index (χ4n) is 3.31. The van der Waals surface area contributed by atoms with Crippen LogP contribution in [0.25, 0.3) is 10.2 Å². The zero-order valence-electron chi connectivity index (χ0n) is 14.8. The number of benzene rings is 2. The van der Waals surface area contributed by atoms with E-state index in [4.69, 9.17) is 16.3 Å². The quantitative estimate of drug-likeness (QED) is 0.612. The van der Waals surface area contributed by atoms with Crippen molar-refractivity contribution in [3.05, 3.63) is 53.1 Å². The Kier molecular flexibility index (Phi) is 4.61. The molecule has 1 aliphatic heterocycles. The Morgan fingerprint density at radius 3 is 2.59 bits per heavy atom. The largest absolute Gasteiger partial charge is 0.497 e. The van der Waals surface area contributed by atoms with Gasteiger partial charge < -0.3 is 4.74 Å². The van der Waals surface area contributed by atoms with Crippen molar-refractivity contribution < 1.29 is 14.3 Å². The number of rotatable bonds is 4. The van der Waals surface area contributed by atoms with Gasteiger partial charge in [-0.2, -0.15) is 0 Å². The summed E-state index contributed by atoms with van der Waals surface area (Å²) in [6, 6.07) is 12.9. The molecule has 0 aliphatic carbocycles. The standard InChI is InChI=1S/C20H17ClN2O3S/c1-11-15(9-12-3-5-13(21)6-4-12)19(25)23(18(11)24)20-22-16-10-14(26-2)7-8-17(16)27-20/h3-8,10-11,15H,9H2,1-2H3/t11-,15-/m0/s1. The van der Waals surface area contributed by atoms with Gasteiger partial charge in [-0.15, -0.1) is 0 Å². The van der Waals surface area contributed by atoms with E-state index in [2.05, 4.69) is 4.98 Å². The summed E-state index contributed by atoms with van der Waals surface area (Å²) < 4.78 is 6.12. The highest BCUT2D eigenvalue weighted by atomic mass is 35.5. The third kappa shape index (κ3) is 3.19. The van der Waals surface area contributed by atoms with Crippen molar-refractivity contribution in [3.63, 3.8) is 0 Å². The van der Waals surface area contributed by atoms with Gasteiger partial charge in [0.05, 0.1) is 23.2 Å². The van der Waals surface area contributed by atoms with Gasteiger partial charge in [-0.1, -0.05) is 42.0 Å². The highest BCUT2D eigenvalue weighted by molar-refractivity contribution is 7.22. The highest BCUT2D eigenvalue weighted by Crippen LogP contribution is 2.37. The van der Waals surface area contributed by atoms with E-state index in [0.29, 0.717) is 27.8 Å². The second kappa shape index (κ2) is 6.94. The Balaban J connectivity index is 1.64. The molecule has 3 aromatic rings. The van der Waals surface area contributed by atoms with E-state index >= 15 is 0 Å². The molecule has 2 amide bonds. The number of carbonyl (C=O) groups is 2. The van der Waals surface area contributed by atoms with E-state index < -0.39 is 11.8 Å². The number of hydrogen-bond donors (Lipinski definition) is 0. The van der Waals surface area contributed by atoms with Gasteiger partial charge in [0.25, 0.3) is 0 Å². The Labute approximate surface area is 165 Å². The molecule has 1 saturated heterocycles. The van der Waals surface area contributed by atoms with E-state index in [9.17, 15) is 9.59 Å². The van der Waals surface area contributed by atoms with Gasteiger partial charge in [0.15, 0.2) is 5.13 Å². The van der Waals surface area contributed by atoms with Crippen LogP contribution < -0.4 is 9.64 Å². The maximum Gasteiger partial charge on any atom is 0.239 e. The van der Waals surface area contributed by atoms with E-state index in [1.54, 1.807) is 32.2 Å². The number of methoxy groups -OCH3 is 1. The minimum atomic E-state index is -0.403. The van der Waals surface area contributed by atoms with Gasteiger partial charge in [-0.3, -0.25) is 9.59 Å². The molecule has 1 fully saturated rings. The first-order chi connectivity index (χ1) is 13.0. The Hall–Kier alpha value is -2.44. The molecule has 138 valence electrons. The van der Waals surface area contributed by atoms with Gasteiger partial charge in [-0.05, 0) is 36.2 Å². The van der Waals surface area contributed by atoms with Crippen molar-refractivity contribution in [3.8, 4) is 5.75 Å². The molecule has 27 heavy (non-hydrogen) atoms. The summed E-state index contributed by atoms with van der Waals surface area (Å²) in [5, 5.41) is 1.06. The van der Waals surface area contributed by atoms with Crippen LogP contribution >= 0.6 is 22.9 Å². The number of halogens is 1. The molecule has 1 aliphatic rings. The number of thiazole rings is 1. The summed E-state index contributed by atoms with van der Waals surface area (Å²) in [7, 11) is 1.59. The molecule has 5 nitrogen and oxygen atoms in total. The van der Waals surface area contributed by atoms with E-state index in [1.165, 1.54) is 16.2 Å². The Morgan fingerprint density at radius 2 is 1.89 bits per heavy atom. The minimum Gasteiger partial charge on any atom is -0.497 e. The van der Waals surface area contributed by atoms with Crippen LogP contribution in [0.2, 0.25) is 5.02 Å². The molecule has 2 atom stereocenters. The van der Waals surface area contributed by atoms with Crippen molar-refractivity contribution in [1.82, 2.24) is 4.98 Å². The number of carbonyl (C=O) groups excluding carboxylic acids is 2. The predicted octanol–water partition coefficient (Wildman–Crippen LogP) is 4.33. The van der Waals surface area contributed by atoms with Gasteiger partial charge >= 0.3 is 0 Å². The number of fused-ring (bicyclic) bond motifs is 1. The maximum atomic E-state index is 13.0. The zero-order chi connectivity index (χ0) is 19.1. The second-order valence-electron chi connectivity index (χ2n) is 6.57. The molecule has 0 N–H and O–H groups in total. The molecule has 0 unspecified atom stereocenters. The number of nitrogens with zero attached hydrogens (tertiary/aromatic N) is 2. The van der Waals surface area contributed by atoms with Crippen molar-refractivity contribution in [2.24, 2.45) is 11.8 Å². The molecule has 2 heterocycles.